The van der Waals surface area contributed by atoms with Crippen LogP contribution in [0.1, 0.15) is 30.4 Å². The van der Waals surface area contributed by atoms with Gasteiger partial charge >= 0.3 is 0 Å². The molecule has 4 aromatic rings. The lowest BCUT2D eigenvalue weighted by atomic mass is 9.90. The van der Waals surface area contributed by atoms with Crippen LogP contribution in [0.2, 0.25) is 0 Å². The standard InChI is InChI=1S/C30H32N2.ClH/c1-3-10-24(11-4-1)19-21-32-20-9-12-25(23-32)17-18-27-22-30(26-13-5-2-6-14-26)31-29-16-8-7-15-28(27)29;/h1-8,10-11,13-16,22,25H,9,12,17-21,23H2;1H. The zero-order valence-electron chi connectivity index (χ0n) is 19.2. The number of aromatic nitrogens is 1. The van der Waals surface area contributed by atoms with Crippen LogP contribution >= 0.6 is 12.4 Å². The van der Waals surface area contributed by atoms with E-state index in [0.29, 0.717) is 0 Å². The molecule has 1 saturated heterocycles. The number of hydrogen-bond acceptors (Lipinski definition) is 2. The third-order valence-corrected chi connectivity index (χ3v) is 6.86. The molecule has 0 bridgehead atoms. The first-order valence-corrected chi connectivity index (χ1v) is 12.1. The fourth-order valence-corrected chi connectivity index (χ4v) is 5.09. The lowest BCUT2D eigenvalue weighted by Gasteiger charge is -2.33. The summed E-state index contributed by atoms with van der Waals surface area (Å²) in [5.41, 5.74) is 6.29. The number of halogens is 1. The van der Waals surface area contributed by atoms with Gasteiger partial charge in [0, 0.05) is 24.0 Å². The van der Waals surface area contributed by atoms with Gasteiger partial charge < -0.3 is 4.90 Å². The summed E-state index contributed by atoms with van der Waals surface area (Å²) in [4.78, 5) is 7.64. The SMILES string of the molecule is Cl.c1ccc(CCN2CCCC(CCc3cc(-c4ccccc4)nc4ccccc34)C2)cc1. The van der Waals surface area contributed by atoms with Gasteiger partial charge in [0.2, 0.25) is 0 Å². The molecular formula is C30H33ClN2. The Morgan fingerprint density at radius 2 is 1.55 bits per heavy atom. The Kier molecular flexibility index (Phi) is 8.15. The van der Waals surface area contributed by atoms with Gasteiger partial charge in [0.1, 0.15) is 0 Å². The quantitative estimate of drug-likeness (QED) is 0.292. The van der Waals surface area contributed by atoms with Crippen molar-refractivity contribution in [3.63, 3.8) is 0 Å². The highest BCUT2D eigenvalue weighted by atomic mass is 35.5. The molecule has 1 atom stereocenters. The Labute approximate surface area is 204 Å². The summed E-state index contributed by atoms with van der Waals surface area (Å²) in [6, 6.07) is 32.4. The van der Waals surface area contributed by atoms with E-state index in [4.69, 9.17) is 4.98 Å². The largest absolute Gasteiger partial charge is 0.303 e. The van der Waals surface area contributed by atoms with Crippen molar-refractivity contribution in [2.45, 2.75) is 32.1 Å². The van der Waals surface area contributed by atoms with E-state index < -0.39 is 0 Å². The van der Waals surface area contributed by atoms with Crippen molar-refractivity contribution in [3.05, 3.63) is 102 Å². The second-order valence-electron chi connectivity index (χ2n) is 9.13. The van der Waals surface area contributed by atoms with Crippen molar-refractivity contribution in [1.82, 2.24) is 9.88 Å². The number of rotatable bonds is 7. The molecule has 0 aliphatic carbocycles. The predicted octanol–water partition coefficient (Wildman–Crippen LogP) is 7.21. The highest BCUT2D eigenvalue weighted by Gasteiger charge is 2.20. The molecule has 1 aromatic heterocycles. The number of likely N-dealkylation sites (tertiary alicyclic amines) is 1. The van der Waals surface area contributed by atoms with E-state index in [0.717, 1.165) is 30.0 Å². The van der Waals surface area contributed by atoms with Crippen molar-refractivity contribution in [1.29, 1.82) is 0 Å². The number of benzene rings is 3. The third kappa shape index (κ3) is 6.01. The maximum atomic E-state index is 4.96. The minimum atomic E-state index is 0. The van der Waals surface area contributed by atoms with Crippen molar-refractivity contribution in [3.8, 4) is 11.3 Å². The Hall–Kier alpha value is -2.68. The smallest absolute Gasteiger partial charge is 0.0712 e. The number of fused-ring (bicyclic) bond motifs is 1. The topological polar surface area (TPSA) is 16.1 Å². The van der Waals surface area contributed by atoms with E-state index >= 15 is 0 Å². The van der Waals surface area contributed by atoms with Crippen LogP contribution < -0.4 is 0 Å². The maximum absolute atomic E-state index is 4.96. The molecule has 3 heteroatoms. The first-order valence-electron chi connectivity index (χ1n) is 12.1. The molecule has 1 aliphatic rings. The zero-order valence-corrected chi connectivity index (χ0v) is 20.0. The molecule has 0 N–H and O–H groups in total. The molecule has 1 fully saturated rings. The molecule has 170 valence electrons. The number of hydrogen-bond donors (Lipinski definition) is 0. The van der Waals surface area contributed by atoms with E-state index in [2.05, 4.69) is 95.9 Å². The molecule has 1 aliphatic heterocycles. The zero-order chi connectivity index (χ0) is 21.6. The molecule has 0 radical (unpaired) electrons. The Morgan fingerprint density at radius 3 is 2.36 bits per heavy atom. The van der Waals surface area contributed by atoms with Crippen LogP contribution in [0, 0.1) is 5.92 Å². The van der Waals surface area contributed by atoms with Crippen LogP contribution in [0.3, 0.4) is 0 Å². The number of pyridine rings is 1. The lowest BCUT2D eigenvalue weighted by molar-refractivity contribution is 0.170. The van der Waals surface area contributed by atoms with E-state index in [1.54, 1.807) is 0 Å². The van der Waals surface area contributed by atoms with E-state index in [1.165, 1.54) is 61.0 Å². The molecule has 0 saturated carbocycles. The van der Waals surface area contributed by atoms with Gasteiger partial charge in [-0.15, -0.1) is 12.4 Å². The van der Waals surface area contributed by atoms with Gasteiger partial charge in [-0.2, -0.15) is 0 Å². The minimum absolute atomic E-state index is 0. The second kappa shape index (κ2) is 11.4. The Balaban J connectivity index is 0.00000259. The molecule has 0 amide bonds. The van der Waals surface area contributed by atoms with Crippen LogP contribution in [0.5, 0.6) is 0 Å². The van der Waals surface area contributed by atoms with Crippen LogP contribution in [0.25, 0.3) is 22.2 Å². The number of nitrogens with zero attached hydrogens (tertiary/aromatic N) is 2. The van der Waals surface area contributed by atoms with Gasteiger partial charge in [-0.05, 0) is 67.8 Å². The molecule has 33 heavy (non-hydrogen) atoms. The molecule has 2 heterocycles. The number of piperidine rings is 1. The van der Waals surface area contributed by atoms with Crippen LogP contribution in [-0.4, -0.2) is 29.5 Å². The number of para-hydroxylation sites is 1. The third-order valence-electron chi connectivity index (χ3n) is 6.86. The molecule has 3 aromatic carbocycles. The second-order valence-corrected chi connectivity index (χ2v) is 9.13. The van der Waals surface area contributed by atoms with Crippen molar-refractivity contribution >= 4 is 23.3 Å². The average Bonchev–Trinajstić information content (AvgIpc) is 2.87. The fourth-order valence-electron chi connectivity index (χ4n) is 5.09. The molecular weight excluding hydrogens is 424 g/mol. The van der Waals surface area contributed by atoms with Gasteiger partial charge in [-0.1, -0.05) is 78.9 Å². The maximum Gasteiger partial charge on any atom is 0.0712 e. The minimum Gasteiger partial charge on any atom is -0.303 e. The molecule has 1 unspecified atom stereocenters. The number of aryl methyl sites for hydroxylation is 1. The molecule has 0 spiro atoms. The monoisotopic (exact) mass is 456 g/mol. The van der Waals surface area contributed by atoms with E-state index in [9.17, 15) is 0 Å². The van der Waals surface area contributed by atoms with Crippen LogP contribution in [-0.2, 0) is 12.8 Å². The van der Waals surface area contributed by atoms with E-state index in [1.807, 2.05) is 0 Å². The summed E-state index contributed by atoms with van der Waals surface area (Å²) in [5, 5.41) is 1.31. The molecule has 5 rings (SSSR count). The average molecular weight is 457 g/mol. The highest BCUT2D eigenvalue weighted by molar-refractivity contribution is 5.85. The first-order chi connectivity index (χ1) is 15.8. The summed E-state index contributed by atoms with van der Waals surface area (Å²) in [6.45, 7) is 3.66. The van der Waals surface area contributed by atoms with Gasteiger partial charge in [0.05, 0.1) is 11.2 Å². The van der Waals surface area contributed by atoms with Gasteiger partial charge in [-0.3, -0.25) is 0 Å². The summed E-state index contributed by atoms with van der Waals surface area (Å²) in [6.07, 6.45) is 6.22. The van der Waals surface area contributed by atoms with Crippen molar-refractivity contribution in [2.75, 3.05) is 19.6 Å². The summed E-state index contributed by atoms with van der Waals surface area (Å²) < 4.78 is 0. The summed E-state index contributed by atoms with van der Waals surface area (Å²) in [5.74, 6) is 0.784. The Morgan fingerprint density at radius 1 is 0.818 bits per heavy atom. The molecule has 2 nitrogen and oxygen atoms in total. The highest BCUT2D eigenvalue weighted by Crippen LogP contribution is 2.28. The van der Waals surface area contributed by atoms with Gasteiger partial charge in [0.15, 0.2) is 0 Å². The normalized spacial score (nSPS) is 16.4. The van der Waals surface area contributed by atoms with E-state index in [-0.39, 0.29) is 12.4 Å². The van der Waals surface area contributed by atoms with Gasteiger partial charge in [0.25, 0.3) is 0 Å². The Bertz CT molecular complexity index is 1140. The fraction of sp³-hybridized carbons (Fsp3) is 0.300. The summed E-state index contributed by atoms with van der Waals surface area (Å²) >= 11 is 0. The first kappa shape index (κ1) is 23.5. The lowest BCUT2D eigenvalue weighted by Crippen LogP contribution is -2.36. The van der Waals surface area contributed by atoms with Crippen LogP contribution in [0.4, 0.5) is 0 Å². The predicted molar refractivity (Wildman–Crippen MR) is 142 cm³/mol. The summed E-state index contributed by atoms with van der Waals surface area (Å²) in [7, 11) is 0. The van der Waals surface area contributed by atoms with Crippen molar-refractivity contribution in [2.24, 2.45) is 5.92 Å². The van der Waals surface area contributed by atoms with Crippen LogP contribution in [0.15, 0.2) is 91.0 Å². The van der Waals surface area contributed by atoms with Crippen molar-refractivity contribution < 1.29 is 0 Å². The van der Waals surface area contributed by atoms with Gasteiger partial charge in [-0.25, -0.2) is 4.98 Å².